The van der Waals surface area contributed by atoms with Gasteiger partial charge in [-0.1, -0.05) is 25.7 Å². The topological polar surface area (TPSA) is 66.8 Å². The summed E-state index contributed by atoms with van der Waals surface area (Å²) >= 11 is 0. The minimum Gasteiger partial charge on any atom is -0.480 e. The third kappa shape index (κ3) is 4.20. The van der Waals surface area contributed by atoms with Crippen molar-refractivity contribution in [1.82, 2.24) is 4.90 Å². The van der Waals surface area contributed by atoms with Gasteiger partial charge in [-0.3, -0.25) is 4.79 Å². The molecule has 0 atom stereocenters. The minimum atomic E-state index is -0.963. The Bertz CT molecular complexity index is 355. The smallest absolute Gasteiger partial charge is 0.329 e. The molecule has 0 spiro atoms. The van der Waals surface area contributed by atoms with E-state index in [9.17, 15) is 9.59 Å². The number of rotatable bonds is 5. The quantitative estimate of drug-likeness (QED) is 0.784. The highest BCUT2D eigenvalue weighted by atomic mass is 16.5. The van der Waals surface area contributed by atoms with Gasteiger partial charge in [0.1, 0.15) is 12.2 Å². The van der Waals surface area contributed by atoms with E-state index in [1.807, 2.05) is 6.92 Å². The summed E-state index contributed by atoms with van der Waals surface area (Å²) in [4.78, 5) is 24.5. The first-order valence-electron chi connectivity index (χ1n) is 7.62. The highest BCUT2D eigenvalue weighted by Gasteiger charge is 2.42. The molecule has 1 N–H and O–H groups in total. The minimum absolute atomic E-state index is 0.202. The molecule has 0 unspecified atom stereocenters. The van der Waals surface area contributed by atoms with Crippen molar-refractivity contribution in [3.8, 4) is 0 Å². The molecule has 114 valence electrons. The summed E-state index contributed by atoms with van der Waals surface area (Å²) in [5.41, 5.74) is -0.475. The summed E-state index contributed by atoms with van der Waals surface area (Å²) in [6, 6.07) is 0. The van der Waals surface area contributed by atoms with Gasteiger partial charge in [0, 0.05) is 6.42 Å². The van der Waals surface area contributed by atoms with Crippen LogP contribution in [0.15, 0.2) is 0 Å². The molecule has 20 heavy (non-hydrogen) atoms. The van der Waals surface area contributed by atoms with E-state index >= 15 is 0 Å². The first-order chi connectivity index (χ1) is 9.48. The number of likely N-dealkylation sites (tertiary alicyclic amines) is 1. The van der Waals surface area contributed by atoms with Gasteiger partial charge in [0.15, 0.2) is 0 Å². The molecule has 1 amide bonds. The summed E-state index contributed by atoms with van der Waals surface area (Å²) < 4.78 is 5.32. The van der Waals surface area contributed by atoms with Crippen molar-refractivity contribution in [2.24, 2.45) is 5.92 Å². The molecule has 5 heteroatoms. The summed E-state index contributed by atoms with van der Waals surface area (Å²) in [6.07, 6.45) is 8.09. The SMILES string of the molecule is CC1(OCC(=O)O)CN(C(=O)CC2CCCCCC2)C1. The summed E-state index contributed by atoms with van der Waals surface area (Å²) in [5, 5.41) is 8.61. The summed E-state index contributed by atoms with van der Waals surface area (Å²) in [6.45, 7) is 2.62. The Balaban J connectivity index is 1.71. The van der Waals surface area contributed by atoms with Crippen molar-refractivity contribution >= 4 is 11.9 Å². The fourth-order valence-corrected chi connectivity index (χ4v) is 3.21. The van der Waals surface area contributed by atoms with Gasteiger partial charge in [-0.05, 0) is 25.7 Å². The van der Waals surface area contributed by atoms with Crippen LogP contribution in [0.25, 0.3) is 0 Å². The number of aliphatic carboxylic acids is 1. The summed E-state index contributed by atoms with van der Waals surface area (Å²) in [5.74, 6) is -0.223. The van der Waals surface area contributed by atoms with E-state index in [2.05, 4.69) is 0 Å². The van der Waals surface area contributed by atoms with Crippen molar-refractivity contribution in [3.63, 3.8) is 0 Å². The van der Waals surface area contributed by atoms with E-state index < -0.39 is 11.6 Å². The number of hydrogen-bond donors (Lipinski definition) is 1. The maximum atomic E-state index is 12.2. The van der Waals surface area contributed by atoms with Gasteiger partial charge in [-0.25, -0.2) is 4.79 Å². The van der Waals surface area contributed by atoms with Crippen molar-refractivity contribution in [2.45, 2.75) is 57.5 Å². The zero-order valence-electron chi connectivity index (χ0n) is 12.3. The maximum absolute atomic E-state index is 12.2. The number of carboxylic acids is 1. The molecule has 5 nitrogen and oxygen atoms in total. The van der Waals surface area contributed by atoms with E-state index in [1.165, 1.54) is 38.5 Å². The number of carbonyl (C=O) groups excluding carboxylic acids is 1. The molecular weight excluding hydrogens is 258 g/mol. The lowest BCUT2D eigenvalue weighted by Crippen LogP contribution is -2.63. The van der Waals surface area contributed by atoms with Crippen LogP contribution in [0.4, 0.5) is 0 Å². The van der Waals surface area contributed by atoms with Crippen LogP contribution in [0.3, 0.4) is 0 Å². The molecule has 0 bridgehead atoms. The number of carbonyl (C=O) groups is 2. The first kappa shape index (κ1) is 15.3. The number of amides is 1. The fourth-order valence-electron chi connectivity index (χ4n) is 3.21. The Morgan fingerprint density at radius 1 is 1.20 bits per heavy atom. The average molecular weight is 283 g/mol. The molecule has 1 aliphatic heterocycles. The predicted molar refractivity (Wildman–Crippen MR) is 74.4 cm³/mol. The normalized spacial score (nSPS) is 22.9. The second kappa shape index (κ2) is 6.57. The largest absolute Gasteiger partial charge is 0.480 e. The molecule has 0 aromatic rings. The van der Waals surface area contributed by atoms with E-state index in [-0.39, 0.29) is 12.5 Å². The molecule has 1 saturated carbocycles. The zero-order chi connectivity index (χ0) is 14.6. The van der Waals surface area contributed by atoms with E-state index in [0.717, 1.165) is 0 Å². The van der Waals surface area contributed by atoms with Gasteiger partial charge >= 0.3 is 5.97 Å². The molecule has 0 radical (unpaired) electrons. The molecule has 2 rings (SSSR count). The number of carboxylic acid groups (broad SMARTS) is 1. The zero-order valence-corrected chi connectivity index (χ0v) is 12.3. The van der Waals surface area contributed by atoms with Crippen molar-refractivity contribution in [3.05, 3.63) is 0 Å². The van der Waals surface area contributed by atoms with Crippen LogP contribution in [-0.4, -0.2) is 47.2 Å². The van der Waals surface area contributed by atoms with Gasteiger partial charge in [0.05, 0.1) is 13.1 Å². The maximum Gasteiger partial charge on any atom is 0.329 e. The van der Waals surface area contributed by atoms with E-state index in [1.54, 1.807) is 4.90 Å². The van der Waals surface area contributed by atoms with Crippen LogP contribution in [0.5, 0.6) is 0 Å². The standard InChI is InChI=1S/C15H25NO4/c1-15(20-9-14(18)19)10-16(11-15)13(17)8-12-6-4-2-3-5-7-12/h12H,2-11H2,1H3,(H,18,19). The van der Waals surface area contributed by atoms with Crippen LogP contribution in [-0.2, 0) is 14.3 Å². The highest BCUT2D eigenvalue weighted by molar-refractivity contribution is 5.77. The van der Waals surface area contributed by atoms with Crippen LogP contribution in [0.1, 0.15) is 51.9 Å². The fraction of sp³-hybridized carbons (Fsp3) is 0.867. The molecule has 2 aliphatic rings. The second-order valence-corrected chi connectivity index (χ2v) is 6.44. The molecule has 0 aromatic heterocycles. The summed E-state index contributed by atoms with van der Waals surface area (Å²) in [7, 11) is 0. The van der Waals surface area contributed by atoms with E-state index in [4.69, 9.17) is 9.84 Å². The monoisotopic (exact) mass is 283 g/mol. The molecule has 1 aliphatic carbocycles. The van der Waals surface area contributed by atoms with Gasteiger partial charge in [0.25, 0.3) is 0 Å². The van der Waals surface area contributed by atoms with Gasteiger partial charge in [0.2, 0.25) is 5.91 Å². The van der Waals surface area contributed by atoms with Crippen LogP contribution in [0, 0.1) is 5.92 Å². The number of ether oxygens (including phenoxy) is 1. The Morgan fingerprint density at radius 2 is 1.80 bits per heavy atom. The molecule has 0 aromatic carbocycles. The Labute approximate surface area is 120 Å². The molecule has 1 heterocycles. The van der Waals surface area contributed by atoms with Gasteiger partial charge < -0.3 is 14.7 Å². The third-order valence-corrected chi connectivity index (χ3v) is 4.39. The van der Waals surface area contributed by atoms with E-state index in [0.29, 0.717) is 25.4 Å². The lowest BCUT2D eigenvalue weighted by atomic mass is 9.92. The lowest BCUT2D eigenvalue weighted by Gasteiger charge is -2.47. The first-order valence-corrected chi connectivity index (χ1v) is 7.62. The number of hydrogen-bond acceptors (Lipinski definition) is 3. The van der Waals surface area contributed by atoms with Crippen LogP contribution in [0.2, 0.25) is 0 Å². The second-order valence-electron chi connectivity index (χ2n) is 6.44. The third-order valence-electron chi connectivity index (χ3n) is 4.39. The Hall–Kier alpha value is -1.10. The van der Waals surface area contributed by atoms with Crippen LogP contribution >= 0.6 is 0 Å². The lowest BCUT2D eigenvalue weighted by molar-refractivity contribution is -0.173. The van der Waals surface area contributed by atoms with Gasteiger partial charge in [-0.2, -0.15) is 0 Å². The average Bonchev–Trinajstić information content (AvgIpc) is 2.61. The Kier molecular flexibility index (Phi) is 5.02. The number of nitrogens with zero attached hydrogens (tertiary/aromatic N) is 1. The highest BCUT2D eigenvalue weighted by Crippen LogP contribution is 2.29. The van der Waals surface area contributed by atoms with Crippen molar-refractivity contribution in [2.75, 3.05) is 19.7 Å². The van der Waals surface area contributed by atoms with Crippen LogP contribution < -0.4 is 0 Å². The predicted octanol–water partition coefficient (Wildman–Crippen LogP) is 2.05. The Morgan fingerprint density at radius 3 is 2.35 bits per heavy atom. The molecular formula is C15H25NO4. The van der Waals surface area contributed by atoms with Crippen molar-refractivity contribution < 1.29 is 19.4 Å². The van der Waals surface area contributed by atoms with Crippen molar-refractivity contribution in [1.29, 1.82) is 0 Å². The molecule has 2 fully saturated rings. The molecule has 1 saturated heterocycles. The van der Waals surface area contributed by atoms with Gasteiger partial charge in [-0.15, -0.1) is 0 Å².